The summed E-state index contributed by atoms with van der Waals surface area (Å²) in [4.78, 5) is 84.0. The molecule has 0 aliphatic carbocycles. The number of hydrogen-bond acceptors (Lipinski definition) is 18. The van der Waals surface area contributed by atoms with Crippen molar-refractivity contribution >= 4 is 58.9 Å². The Morgan fingerprint density at radius 2 is 0.986 bits per heavy atom. The summed E-state index contributed by atoms with van der Waals surface area (Å²) < 4.78 is 22.9. The second-order valence-corrected chi connectivity index (χ2v) is 17.4. The Bertz CT molecular complexity index is 2450. The van der Waals surface area contributed by atoms with Crippen LogP contribution in [0.3, 0.4) is 0 Å². The average molecular weight is 997 g/mol. The van der Waals surface area contributed by atoms with E-state index in [0.29, 0.717) is 36.1 Å². The van der Waals surface area contributed by atoms with Gasteiger partial charge in [0.15, 0.2) is 12.2 Å². The summed E-state index contributed by atoms with van der Waals surface area (Å²) in [7, 11) is 0. The third kappa shape index (κ3) is 11.5. The van der Waals surface area contributed by atoms with Gasteiger partial charge in [0.1, 0.15) is 60.6 Å². The van der Waals surface area contributed by atoms with E-state index in [1.54, 1.807) is 9.80 Å². The molecule has 0 bridgehead atoms. The first-order valence-corrected chi connectivity index (χ1v) is 23.3. The standard InChI is InChI=1S/2C22H25N5O4.C4H6O6/c2*1-14(28)24-12-20-18-13-30-19-10-15(2-4-17(19)27(18)22(29)31-20)16-3-5-21(25-11-16)26-8-6-23-7-9-26;5-1(3(7)8)2(6)4(9)10/h2*2-5,10-11,18,20,23H,6-9,12-13H2,1H3,(H,24,28);1-2,5-6H,(H,7,8)(H,9,10)/t2*18-,20-;1-,2-/m001/s1. The van der Waals surface area contributed by atoms with E-state index in [2.05, 4.69) is 53.2 Å². The van der Waals surface area contributed by atoms with Gasteiger partial charge >= 0.3 is 24.1 Å². The number of carbonyl (C=O) groups excluding carboxylic acids is 4. The molecule has 0 saturated carbocycles. The van der Waals surface area contributed by atoms with Gasteiger partial charge in [0.25, 0.3) is 0 Å². The molecule has 0 radical (unpaired) electrons. The first kappa shape index (κ1) is 50.6. The van der Waals surface area contributed by atoms with E-state index < -0.39 is 48.5 Å². The van der Waals surface area contributed by atoms with E-state index in [4.69, 9.17) is 39.4 Å². The van der Waals surface area contributed by atoms with Gasteiger partial charge in [-0.15, -0.1) is 0 Å². The third-order valence-electron chi connectivity index (χ3n) is 12.6. The number of aliphatic carboxylic acids is 2. The highest BCUT2D eigenvalue weighted by Gasteiger charge is 2.48. The van der Waals surface area contributed by atoms with Crippen LogP contribution in [-0.2, 0) is 28.7 Å². The normalized spacial score (nSPS) is 21.4. The van der Waals surface area contributed by atoms with Crippen LogP contribution in [0, 0.1) is 0 Å². The lowest BCUT2D eigenvalue weighted by Gasteiger charge is -2.31. The van der Waals surface area contributed by atoms with E-state index in [1.807, 2.05) is 60.9 Å². The predicted molar refractivity (Wildman–Crippen MR) is 258 cm³/mol. The fourth-order valence-electron chi connectivity index (χ4n) is 8.81. The molecule has 6 aliphatic heterocycles. The number of aromatic nitrogens is 2. The van der Waals surface area contributed by atoms with Gasteiger partial charge in [0.2, 0.25) is 11.8 Å². The van der Waals surface area contributed by atoms with Crippen LogP contribution < -0.4 is 50.3 Å². The van der Waals surface area contributed by atoms with Crippen LogP contribution >= 0.6 is 0 Å². The number of aliphatic hydroxyl groups is 2. The Morgan fingerprint density at radius 1 is 0.611 bits per heavy atom. The number of nitrogens with one attached hydrogen (secondary N) is 4. The minimum Gasteiger partial charge on any atom is -0.489 e. The molecule has 382 valence electrons. The molecule has 6 atom stereocenters. The van der Waals surface area contributed by atoms with Crippen LogP contribution in [0.4, 0.5) is 32.6 Å². The number of aliphatic hydroxyl groups excluding tert-OH is 2. The molecule has 72 heavy (non-hydrogen) atoms. The van der Waals surface area contributed by atoms with Crippen molar-refractivity contribution in [3.8, 4) is 33.8 Å². The van der Waals surface area contributed by atoms with Crippen molar-refractivity contribution in [2.75, 3.05) is 98.3 Å². The lowest BCUT2D eigenvalue weighted by atomic mass is 10.0. The Balaban J connectivity index is 0.000000163. The number of amides is 4. The first-order chi connectivity index (χ1) is 34.7. The summed E-state index contributed by atoms with van der Waals surface area (Å²) in [5.74, 6) is -0.626. The molecular formula is C48H56N10O14. The van der Waals surface area contributed by atoms with Gasteiger partial charge in [-0.05, 0) is 59.7 Å². The number of carbonyl (C=O) groups is 6. The number of fused-ring (bicyclic) bond motifs is 6. The SMILES string of the molecule is CC(=O)NC[C@@H]1OC(=O)N2c3ccc(-c4ccc(N5CCNCC5)nc4)cc3OC[C@@H]12.CC(=O)NC[C@@H]1OC(=O)N2c3ccc(-c4ccc(N5CCNCC5)nc4)cc3OC[C@@H]12.O=C(O)[C@H](O)[C@@H](O)C(=O)O. The van der Waals surface area contributed by atoms with Crippen molar-refractivity contribution in [2.24, 2.45) is 0 Å². The predicted octanol–water partition coefficient (Wildman–Crippen LogP) is 0.638. The van der Waals surface area contributed by atoms with Crippen molar-refractivity contribution in [3.05, 3.63) is 73.1 Å². The maximum absolute atomic E-state index is 12.5. The minimum absolute atomic E-state index is 0.159. The van der Waals surface area contributed by atoms with Crippen molar-refractivity contribution in [1.82, 2.24) is 31.2 Å². The van der Waals surface area contributed by atoms with Crippen LogP contribution in [0.2, 0.25) is 0 Å². The van der Waals surface area contributed by atoms with E-state index >= 15 is 0 Å². The van der Waals surface area contributed by atoms with Crippen molar-refractivity contribution in [3.63, 3.8) is 0 Å². The number of cyclic esters (lactones) is 2. The van der Waals surface area contributed by atoms with E-state index in [-0.39, 0.29) is 37.0 Å². The Morgan fingerprint density at radius 3 is 1.32 bits per heavy atom. The number of nitrogens with zero attached hydrogens (tertiary/aromatic N) is 6. The van der Waals surface area contributed by atoms with E-state index in [9.17, 15) is 28.8 Å². The summed E-state index contributed by atoms with van der Waals surface area (Å²) in [6.45, 7) is 11.7. The fraction of sp³-hybridized carbons (Fsp3) is 0.417. The third-order valence-corrected chi connectivity index (χ3v) is 12.6. The number of rotatable bonds is 11. The smallest absolute Gasteiger partial charge is 0.415 e. The Kier molecular flexibility index (Phi) is 15.8. The molecular weight excluding hydrogens is 941 g/mol. The summed E-state index contributed by atoms with van der Waals surface area (Å²) in [6, 6.07) is 19.2. The van der Waals surface area contributed by atoms with Gasteiger partial charge in [-0.25, -0.2) is 29.1 Å². The van der Waals surface area contributed by atoms with Gasteiger partial charge in [-0.3, -0.25) is 19.4 Å². The Labute approximate surface area is 412 Å². The number of benzene rings is 2. The van der Waals surface area contributed by atoms with Crippen LogP contribution in [0.15, 0.2) is 73.1 Å². The van der Waals surface area contributed by atoms with Crippen LogP contribution in [-0.4, -0.2) is 181 Å². The maximum Gasteiger partial charge on any atom is 0.415 e. The topological polar surface area (TPSA) is 307 Å². The average Bonchev–Trinajstić information content (AvgIpc) is 3.91. The second kappa shape index (κ2) is 22.5. The van der Waals surface area contributed by atoms with Crippen LogP contribution in [0.1, 0.15) is 13.8 Å². The Hall–Kier alpha value is -7.80. The molecule has 6 aliphatic rings. The highest BCUT2D eigenvalue weighted by molar-refractivity contribution is 5.95. The van der Waals surface area contributed by atoms with Gasteiger partial charge in [-0.1, -0.05) is 12.1 Å². The van der Waals surface area contributed by atoms with Crippen LogP contribution in [0.5, 0.6) is 11.5 Å². The molecule has 0 unspecified atom stereocenters. The van der Waals surface area contributed by atoms with Crippen molar-refractivity contribution < 1.29 is 68.1 Å². The number of pyridine rings is 2. The van der Waals surface area contributed by atoms with Crippen molar-refractivity contribution in [2.45, 2.75) is 50.3 Å². The molecule has 24 nitrogen and oxygen atoms in total. The number of anilines is 4. The zero-order valence-electron chi connectivity index (χ0n) is 39.4. The molecule has 24 heteroatoms. The zero-order chi connectivity index (χ0) is 51.1. The van der Waals surface area contributed by atoms with E-state index in [1.165, 1.54) is 13.8 Å². The highest BCUT2D eigenvalue weighted by Crippen LogP contribution is 2.42. The summed E-state index contributed by atoms with van der Waals surface area (Å²) >= 11 is 0. The molecule has 0 spiro atoms. The quantitative estimate of drug-likeness (QED) is 0.102. The number of carboxylic acid groups (broad SMARTS) is 2. The summed E-state index contributed by atoms with van der Waals surface area (Å²) in [6.07, 6.45) is -2.50. The largest absolute Gasteiger partial charge is 0.489 e. The molecule has 2 aromatic heterocycles. The second-order valence-electron chi connectivity index (χ2n) is 17.4. The minimum atomic E-state index is -2.27. The lowest BCUT2D eigenvalue weighted by molar-refractivity contribution is -0.165. The zero-order valence-corrected chi connectivity index (χ0v) is 39.4. The van der Waals surface area contributed by atoms with Gasteiger partial charge in [0.05, 0.1) is 24.5 Å². The first-order valence-electron chi connectivity index (χ1n) is 23.3. The molecule has 8 heterocycles. The molecule has 10 rings (SSSR count). The monoisotopic (exact) mass is 996 g/mol. The number of piperazine rings is 2. The lowest BCUT2D eigenvalue weighted by Crippen LogP contribution is -2.47. The number of carboxylic acids is 2. The molecule has 2 aromatic carbocycles. The van der Waals surface area contributed by atoms with Crippen LogP contribution in [0.25, 0.3) is 22.3 Å². The van der Waals surface area contributed by atoms with E-state index in [0.717, 1.165) is 86.2 Å². The highest BCUT2D eigenvalue weighted by atomic mass is 16.6. The molecule has 4 saturated heterocycles. The number of hydrogen-bond donors (Lipinski definition) is 8. The molecule has 4 amide bonds. The van der Waals surface area contributed by atoms with Gasteiger partial charge in [-0.2, -0.15) is 0 Å². The molecule has 4 fully saturated rings. The fourth-order valence-corrected chi connectivity index (χ4v) is 8.81. The maximum atomic E-state index is 12.5. The molecule has 8 N–H and O–H groups in total. The van der Waals surface area contributed by atoms with Crippen molar-refractivity contribution in [1.29, 1.82) is 0 Å². The molecule has 4 aromatic rings. The number of ether oxygens (including phenoxy) is 4. The summed E-state index contributed by atoms with van der Waals surface area (Å²) in [5.41, 5.74) is 5.28. The van der Waals surface area contributed by atoms with Gasteiger partial charge in [0, 0.05) is 89.7 Å². The van der Waals surface area contributed by atoms with Gasteiger partial charge < -0.3 is 70.4 Å². The summed E-state index contributed by atoms with van der Waals surface area (Å²) in [5, 5.41) is 44.6.